The van der Waals surface area contributed by atoms with Crippen LogP contribution in [0.2, 0.25) is 0 Å². The summed E-state index contributed by atoms with van der Waals surface area (Å²) in [6.07, 6.45) is 1.09. The van der Waals surface area contributed by atoms with Gasteiger partial charge in [0.2, 0.25) is 5.91 Å². The molecule has 1 amide bonds. The van der Waals surface area contributed by atoms with Crippen molar-refractivity contribution in [1.29, 1.82) is 0 Å². The Bertz CT molecular complexity index is 1130. The number of carbonyl (C=O) groups excluding carboxylic acids is 1. The van der Waals surface area contributed by atoms with Gasteiger partial charge in [-0.1, -0.05) is 11.3 Å². The molecule has 0 aliphatic carbocycles. The molecule has 1 aliphatic heterocycles. The number of anilines is 3. The van der Waals surface area contributed by atoms with Crippen LogP contribution >= 0.6 is 11.3 Å². The lowest BCUT2D eigenvalue weighted by Crippen LogP contribution is -2.40. The number of rotatable bonds is 6. The maximum Gasteiger partial charge on any atom is 0.326 e. The van der Waals surface area contributed by atoms with Gasteiger partial charge in [-0.2, -0.15) is 8.42 Å². The Morgan fingerprint density at radius 3 is 2.71 bits per heavy atom. The highest BCUT2D eigenvalue weighted by atomic mass is 32.2. The highest BCUT2D eigenvalue weighted by molar-refractivity contribution is 7.94. The van der Waals surface area contributed by atoms with Gasteiger partial charge in [-0.15, -0.1) is 0 Å². The lowest BCUT2D eigenvalue weighted by molar-refractivity contribution is -0.114. The summed E-state index contributed by atoms with van der Waals surface area (Å²) in [6, 6.07) is 3.56. The minimum absolute atomic E-state index is 0.126. The fourth-order valence-electron chi connectivity index (χ4n) is 2.54. The molecule has 1 aromatic carbocycles. The second kappa shape index (κ2) is 7.27. The highest BCUT2D eigenvalue weighted by Crippen LogP contribution is 2.39. The molecule has 0 radical (unpaired) electrons. The lowest BCUT2D eigenvalue weighted by Gasteiger charge is -2.19. The molecular weight excluding hydrogens is 433 g/mol. The molecule has 0 spiro atoms. The maximum absolute atomic E-state index is 13.6. The zero-order valence-electron chi connectivity index (χ0n) is 14.7. The van der Waals surface area contributed by atoms with Gasteiger partial charge in [0.05, 0.1) is 17.6 Å². The van der Waals surface area contributed by atoms with Gasteiger partial charge in [0, 0.05) is 33.1 Å². The van der Waals surface area contributed by atoms with E-state index in [9.17, 15) is 26.0 Å². The Morgan fingerprint density at radius 1 is 1.32 bits per heavy atom. The molecule has 14 heteroatoms. The predicted octanol–water partition coefficient (Wildman–Crippen LogP) is 0.720. The number of halogens is 1. The van der Waals surface area contributed by atoms with Gasteiger partial charge >= 0.3 is 10.2 Å². The third-order valence-electron chi connectivity index (χ3n) is 3.81. The maximum atomic E-state index is 13.6. The molecule has 1 aromatic heterocycles. The molecule has 0 unspecified atom stereocenters. The number of thiazole rings is 1. The number of benzene rings is 1. The van der Waals surface area contributed by atoms with Crippen molar-refractivity contribution >= 4 is 54.0 Å². The van der Waals surface area contributed by atoms with Gasteiger partial charge in [0.15, 0.2) is 9.34 Å². The van der Waals surface area contributed by atoms with Crippen LogP contribution in [0.15, 0.2) is 28.6 Å². The van der Waals surface area contributed by atoms with Crippen molar-refractivity contribution in [2.45, 2.75) is 11.1 Å². The highest BCUT2D eigenvalue weighted by Gasteiger charge is 2.38. The molecule has 0 bridgehead atoms. The lowest BCUT2D eigenvalue weighted by atomic mass is 10.2. The van der Waals surface area contributed by atoms with Crippen molar-refractivity contribution in [3.05, 3.63) is 30.2 Å². The van der Waals surface area contributed by atoms with Crippen LogP contribution in [0, 0.1) is 5.82 Å². The van der Waals surface area contributed by atoms with Gasteiger partial charge in [-0.25, -0.2) is 26.8 Å². The number of hydrogen-bond acceptors (Lipinski definition) is 7. The molecule has 1 aliphatic rings. The summed E-state index contributed by atoms with van der Waals surface area (Å²) < 4.78 is 67.3. The van der Waals surface area contributed by atoms with E-state index >= 15 is 0 Å². The van der Waals surface area contributed by atoms with Crippen LogP contribution < -0.4 is 18.6 Å². The Balaban J connectivity index is 1.73. The Morgan fingerprint density at radius 2 is 2.04 bits per heavy atom. The first-order chi connectivity index (χ1) is 13.0. The van der Waals surface area contributed by atoms with Crippen molar-refractivity contribution in [2.75, 3.05) is 34.1 Å². The molecule has 28 heavy (non-hydrogen) atoms. The smallest absolute Gasteiger partial charge is 0.302 e. The molecule has 2 heterocycles. The van der Waals surface area contributed by atoms with E-state index in [1.165, 1.54) is 20.0 Å². The quantitative estimate of drug-likeness (QED) is 0.669. The van der Waals surface area contributed by atoms with E-state index in [4.69, 9.17) is 0 Å². The molecule has 0 saturated carbocycles. The van der Waals surface area contributed by atoms with Gasteiger partial charge in [0.25, 0.3) is 10.0 Å². The fraction of sp³-hybridized carbons (Fsp3) is 0.286. The van der Waals surface area contributed by atoms with Gasteiger partial charge in [-0.3, -0.25) is 9.10 Å². The number of amides is 1. The van der Waals surface area contributed by atoms with E-state index in [2.05, 4.69) is 15.0 Å². The SMILES string of the molecule is CC(=O)Nc1ncc(S(=O)(=O)NCCN2c3cc(F)ccc3N(C)S2(=O)=O)s1. The normalized spacial score (nSPS) is 15.5. The molecule has 10 nitrogen and oxygen atoms in total. The van der Waals surface area contributed by atoms with E-state index in [0.29, 0.717) is 5.69 Å². The Labute approximate surface area is 165 Å². The van der Waals surface area contributed by atoms with E-state index in [-0.39, 0.29) is 34.0 Å². The van der Waals surface area contributed by atoms with Crippen molar-refractivity contribution in [3.63, 3.8) is 0 Å². The van der Waals surface area contributed by atoms with Crippen LogP contribution in [0.1, 0.15) is 6.92 Å². The van der Waals surface area contributed by atoms with Crippen LogP contribution in [0.4, 0.5) is 20.9 Å². The molecule has 0 saturated heterocycles. The first kappa shape index (κ1) is 20.4. The third kappa shape index (κ3) is 3.80. The van der Waals surface area contributed by atoms with Gasteiger partial charge in [-0.05, 0) is 12.1 Å². The number of fused-ring (bicyclic) bond motifs is 1. The van der Waals surface area contributed by atoms with Gasteiger partial charge < -0.3 is 5.32 Å². The van der Waals surface area contributed by atoms with E-state index in [1.807, 2.05) is 0 Å². The molecular formula is C14H16FN5O5S3. The summed E-state index contributed by atoms with van der Waals surface area (Å²) in [6.45, 7) is 0.778. The fourth-order valence-corrected chi connectivity index (χ4v) is 6.10. The summed E-state index contributed by atoms with van der Waals surface area (Å²) in [4.78, 5) is 14.8. The van der Waals surface area contributed by atoms with E-state index in [1.54, 1.807) is 0 Å². The Hall–Kier alpha value is -2.29. The van der Waals surface area contributed by atoms with Crippen molar-refractivity contribution in [2.24, 2.45) is 0 Å². The standard InChI is InChI=1S/C14H16FN5O5S3/c1-9(21)18-14-16-8-13(26-14)27(22,23)17-5-6-20-12-7-10(15)3-4-11(12)19(2)28(20,24)25/h3-4,7-8,17H,5-6H2,1-2H3,(H,16,18,21). The van der Waals surface area contributed by atoms with Crippen LogP contribution in [0.25, 0.3) is 0 Å². The summed E-state index contributed by atoms with van der Waals surface area (Å²) >= 11 is 0.758. The van der Waals surface area contributed by atoms with Crippen molar-refractivity contribution in [1.82, 2.24) is 9.71 Å². The van der Waals surface area contributed by atoms with Crippen LogP contribution in [-0.2, 0) is 25.0 Å². The Kier molecular flexibility index (Phi) is 5.31. The molecule has 2 N–H and O–H groups in total. The average Bonchev–Trinajstić information content (AvgIpc) is 3.12. The number of nitrogens with zero attached hydrogens (tertiary/aromatic N) is 3. The molecule has 152 valence electrons. The molecule has 3 rings (SSSR count). The number of carbonyl (C=O) groups is 1. The largest absolute Gasteiger partial charge is 0.326 e. The number of nitrogens with one attached hydrogen (secondary N) is 2. The summed E-state index contributed by atoms with van der Waals surface area (Å²) in [5.74, 6) is -0.995. The summed E-state index contributed by atoms with van der Waals surface area (Å²) in [7, 11) is -6.55. The number of hydrogen-bond donors (Lipinski definition) is 2. The van der Waals surface area contributed by atoms with Crippen molar-refractivity contribution < 1.29 is 26.0 Å². The first-order valence-corrected chi connectivity index (χ1v) is 11.5. The second-order valence-electron chi connectivity index (χ2n) is 5.74. The topological polar surface area (TPSA) is 129 Å². The van der Waals surface area contributed by atoms with Gasteiger partial charge in [0.1, 0.15) is 5.82 Å². The van der Waals surface area contributed by atoms with Crippen molar-refractivity contribution in [3.8, 4) is 0 Å². The second-order valence-corrected chi connectivity index (χ2v) is 10.7. The minimum atomic E-state index is -3.96. The zero-order valence-corrected chi connectivity index (χ0v) is 17.2. The van der Waals surface area contributed by atoms with Crippen LogP contribution in [-0.4, -0.2) is 47.9 Å². The van der Waals surface area contributed by atoms with Crippen LogP contribution in [0.5, 0.6) is 0 Å². The minimum Gasteiger partial charge on any atom is -0.302 e. The molecule has 2 aromatic rings. The van der Waals surface area contributed by atoms with Crippen LogP contribution in [0.3, 0.4) is 0 Å². The average molecular weight is 450 g/mol. The summed E-state index contributed by atoms with van der Waals surface area (Å²) in [5, 5.41) is 2.50. The summed E-state index contributed by atoms with van der Waals surface area (Å²) in [5.41, 5.74) is 0.430. The van der Waals surface area contributed by atoms with E-state index < -0.39 is 26.0 Å². The first-order valence-electron chi connectivity index (χ1n) is 7.81. The molecule has 0 atom stereocenters. The predicted molar refractivity (Wildman–Crippen MR) is 103 cm³/mol. The van der Waals surface area contributed by atoms with E-state index in [0.717, 1.165) is 38.3 Å². The number of aromatic nitrogens is 1. The monoisotopic (exact) mass is 449 g/mol. The molecule has 0 fully saturated rings. The zero-order chi connectivity index (χ0) is 20.7. The number of sulfonamides is 1. The third-order valence-corrected chi connectivity index (χ3v) is 8.47.